The second-order valence-corrected chi connectivity index (χ2v) is 6.96. The average molecular weight is 248 g/mol. The van der Waals surface area contributed by atoms with E-state index in [-0.39, 0.29) is 5.75 Å². The lowest BCUT2D eigenvalue weighted by Crippen LogP contribution is -2.56. The molecule has 5 heteroatoms. The van der Waals surface area contributed by atoms with E-state index in [1.807, 2.05) is 0 Å². The lowest BCUT2D eigenvalue weighted by Gasteiger charge is -2.39. The number of nitrogens with zero attached hydrogens (tertiary/aromatic N) is 1. The molecule has 0 saturated carbocycles. The molecule has 0 bridgehead atoms. The van der Waals surface area contributed by atoms with Crippen LogP contribution in [-0.4, -0.2) is 57.0 Å². The van der Waals surface area contributed by atoms with Crippen molar-refractivity contribution in [3.63, 3.8) is 0 Å². The van der Waals surface area contributed by atoms with Crippen LogP contribution in [-0.2, 0) is 9.84 Å². The lowest BCUT2D eigenvalue weighted by molar-refractivity contribution is 0.133. The molecule has 0 aromatic heterocycles. The van der Waals surface area contributed by atoms with Crippen molar-refractivity contribution in [3.05, 3.63) is 0 Å². The first kappa shape index (κ1) is 13.9. The van der Waals surface area contributed by atoms with E-state index in [9.17, 15) is 8.42 Å². The Kier molecular flexibility index (Phi) is 5.21. The number of nitrogens with one attached hydrogen (secondary N) is 1. The fourth-order valence-electron chi connectivity index (χ4n) is 2.16. The molecule has 0 radical (unpaired) electrons. The third-order valence-electron chi connectivity index (χ3n) is 3.33. The summed E-state index contributed by atoms with van der Waals surface area (Å²) in [7, 11) is -2.84. The largest absolute Gasteiger partial charge is 0.311 e. The maximum atomic E-state index is 11.2. The van der Waals surface area contributed by atoms with Crippen molar-refractivity contribution in [1.82, 2.24) is 10.2 Å². The van der Waals surface area contributed by atoms with Crippen LogP contribution >= 0.6 is 0 Å². The molecule has 1 aliphatic heterocycles. The van der Waals surface area contributed by atoms with Gasteiger partial charge in [0.1, 0.15) is 9.84 Å². The Balaban J connectivity index is 2.51. The number of piperazine rings is 1. The first-order valence-corrected chi connectivity index (χ1v) is 8.17. The summed E-state index contributed by atoms with van der Waals surface area (Å²) in [6.07, 6.45) is 3.49. The van der Waals surface area contributed by atoms with Crippen LogP contribution in [0.2, 0.25) is 0 Å². The van der Waals surface area contributed by atoms with Crippen molar-refractivity contribution < 1.29 is 8.42 Å². The van der Waals surface area contributed by atoms with Gasteiger partial charge in [0.25, 0.3) is 0 Å². The van der Waals surface area contributed by atoms with Gasteiger partial charge < -0.3 is 5.32 Å². The minimum Gasteiger partial charge on any atom is -0.311 e. The van der Waals surface area contributed by atoms with E-state index in [1.165, 1.54) is 6.26 Å². The molecule has 1 aliphatic rings. The van der Waals surface area contributed by atoms with Gasteiger partial charge in [0.15, 0.2) is 0 Å². The maximum Gasteiger partial charge on any atom is 0.148 e. The molecular weight excluding hydrogens is 224 g/mol. The zero-order valence-corrected chi connectivity index (χ0v) is 11.4. The average Bonchev–Trinajstić information content (AvgIpc) is 2.25. The third kappa shape index (κ3) is 4.39. The highest BCUT2D eigenvalue weighted by atomic mass is 32.2. The molecule has 0 aliphatic carbocycles. The highest BCUT2D eigenvalue weighted by Gasteiger charge is 2.25. The summed E-state index contributed by atoms with van der Waals surface area (Å²) in [5.74, 6) is 0.278. The lowest BCUT2D eigenvalue weighted by atomic mass is 10.1. The van der Waals surface area contributed by atoms with Gasteiger partial charge in [-0.05, 0) is 12.8 Å². The van der Waals surface area contributed by atoms with Gasteiger partial charge in [-0.15, -0.1) is 0 Å². The van der Waals surface area contributed by atoms with Gasteiger partial charge >= 0.3 is 0 Å². The number of sulfone groups is 1. The molecule has 0 spiro atoms. The summed E-state index contributed by atoms with van der Waals surface area (Å²) in [5.41, 5.74) is 0. The smallest absolute Gasteiger partial charge is 0.148 e. The second-order valence-electron chi connectivity index (χ2n) is 4.70. The summed E-state index contributed by atoms with van der Waals surface area (Å²) in [6.45, 7) is 6.96. The minimum absolute atomic E-state index is 0.278. The molecular formula is C11H24N2O2S. The van der Waals surface area contributed by atoms with E-state index in [0.29, 0.717) is 18.6 Å². The van der Waals surface area contributed by atoms with Gasteiger partial charge in [-0.2, -0.15) is 0 Å². The molecule has 16 heavy (non-hydrogen) atoms. The van der Waals surface area contributed by atoms with E-state index in [2.05, 4.69) is 24.1 Å². The summed E-state index contributed by atoms with van der Waals surface area (Å²) in [6, 6.07) is 1.01. The number of hydrogen-bond acceptors (Lipinski definition) is 4. The first-order valence-electron chi connectivity index (χ1n) is 6.11. The van der Waals surface area contributed by atoms with E-state index >= 15 is 0 Å². The normalized spacial score (nSPS) is 28.2. The zero-order chi connectivity index (χ0) is 12.2. The predicted molar refractivity (Wildman–Crippen MR) is 67.4 cm³/mol. The molecule has 1 heterocycles. The van der Waals surface area contributed by atoms with Crippen LogP contribution < -0.4 is 5.32 Å². The quantitative estimate of drug-likeness (QED) is 0.769. The predicted octanol–water partition coefficient (Wildman–Crippen LogP) is 0.493. The molecule has 1 N–H and O–H groups in total. The third-order valence-corrected chi connectivity index (χ3v) is 4.25. The van der Waals surface area contributed by atoms with Crippen LogP contribution in [0.1, 0.15) is 26.7 Å². The van der Waals surface area contributed by atoms with Gasteiger partial charge in [0.05, 0.1) is 5.75 Å². The summed E-state index contributed by atoms with van der Waals surface area (Å²) >= 11 is 0. The van der Waals surface area contributed by atoms with Gasteiger partial charge in [0, 0.05) is 38.0 Å². The monoisotopic (exact) mass is 248 g/mol. The van der Waals surface area contributed by atoms with E-state index < -0.39 is 9.84 Å². The molecule has 4 nitrogen and oxygen atoms in total. The minimum atomic E-state index is -2.84. The summed E-state index contributed by atoms with van der Waals surface area (Å²) < 4.78 is 22.4. The Labute approximate surface area is 99.3 Å². The summed E-state index contributed by atoms with van der Waals surface area (Å²) in [4.78, 5) is 2.33. The van der Waals surface area contributed by atoms with E-state index in [1.54, 1.807) is 0 Å². The molecule has 0 aromatic rings. The molecule has 1 fully saturated rings. The summed E-state index contributed by atoms with van der Waals surface area (Å²) in [5, 5.41) is 3.51. The van der Waals surface area contributed by atoms with Crippen molar-refractivity contribution >= 4 is 9.84 Å². The first-order chi connectivity index (χ1) is 7.46. The molecule has 96 valence electrons. The van der Waals surface area contributed by atoms with Crippen molar-refractivity contribution in [2.24, 2.45) is 0 Å². The maximum absolute atomic E-state index is 11.2. The van der Waals surface area contributed by atoms with Crippen molar-refractivity contribution in [1.29, 1.82) is 0 Å². The van der Waals surface area contributed by atoms with Crippen molar-refractivity contribution in [2.75, 3.05) is 31.6 Å². The Bertz CT molecular complexity index is 303. The van der Waals surface area contributed by atoms with Crippen LogP contribution in [0.15, 0.2) is 0 Å². The Morgan fingerprint density at radius 1 is 1.31 bits per heavy atom. The number of hydrogen-bond donors (Lipinski definition) is 1. The SMILES string of the molecule is CCC1CN(CCS(C)(=O)=O)C(CC)CN1. The van der Waals surface area contributed by atoms with Gasteiger partial charge in [-0.25, -0.2) is 8.42 Å². The van der Waals surface area contributed by atoms with Crippen molar-refractivity contribution in [2.45, 2.75) is 38.8 Å². The molecule has 0 amide bonds. The van der Waals surface area contributed by atoms with E-state index in [4.69, 9.17) is 0 Å². The topological polar surface area (TPSA) is 49.4 Å². The molecule has 1 saturated heterocycles. The Hall–Kier alpha value is -0.130. The van der Waals surface area contributed by atoms with Gasteiger partial charge in [-0.1, -0.05) is 13.8 Å². The zero-order valence-electron chi connectivity index (χ0n) is 10.6. The second kappa shape index (κ2) is 5.98. The Morgan fingerprint density at radius 3 is 2.50 bits per heavy atom. The molecule has 2 unspecified atom stereocenters. The molecule has 1 rings (SSSR count). The fourth-order valence-corrected chi connectivity index (χ4v) is 2.73. The number of rotatable bonds is 5. The standard InChI is InChI=1S/C11H24N2O2S/c1-4-10-9-13(6-7-16(3,14)15)11(5-2)8-12-10/h10-12H,4-9H2,1-3H3. The molecule has 0 aromatic carbocycles. The van der Waals surface area contributed by atoms with Crippen LogP contribution in [0.25, 0.3) is 0 Å². The molecule has 2 atom stereocenters. The fraction of sp³-hybridized carbons (Fsp3) is 1.00. The van der Waals surface area contributed by atoms with Crippen LogP contribution in [0.4, 0.5) is 0 Å². The highest BCUT2D eigenvalue weighted by Crippen LogP contribution is 2.11. The van der Waals surface area contributed by atoms with Gasteiger partial charge in [-0.3, -0.25) is 4.90 Å². The van der Waals surface area contributed by atoms with Crippen molar-refractivity contribution in [3.8, 4) is 0 Å². The van der Waals surface area contributed by atoms with Crippen LogP contribution in [0, 0.1) is 0 Å². The van der Waals surface area contributed by atoms with Gasteiger partial charge in [0.2, 0.25) is 0 Å². The van der Waals surface area contributed by atoms with E-state index in [0.717, 1.165) is 25.9 Å². The van der Waals surface area contributed by atoms with Crippen LogP contribution in [0.5, 0.6) is 0 Å². The van der Waals surface area contributed by atoms with Crippen LogP contribution in [0.3, 0.4) is 0 Å². The highest BCUT2D eigenvalue weighted by molar-refractivity contribution is 7.90. The Morgan fingerprint density at radius 2 is 2.00 bits per heavy atom.